The van der Waals surface area contributed by atoms with Crippen LogP contribution in [0.5, 0.6) is 0 Å². The highest BCUT2D eigenvalue weighted by molar-refractivity contribution is 9.10. The van der Waals surface area contributed by atoms with E-state index in [-0.39, 0.29) is 0 Å². The molecule has 0 fully saturated rings. The molecule has 0 aromatic carbocycles. The Morgan fingerprint density at radius 1 is 1.41 bits per heavy atom. The molecule has 0 saturated heterocycles. The van der Waals surface area contributed by atoms with Gasteiger partial charge in [-0.3, -0.25) is 4.40 Å². The molecule has 0 aliphatic heterocycles. The molecule has 2 rings (SSSR count). The van der Waals surface area contributed by atoms with Gasteiger partial charge in [-0.2, -0.15) is 0 Å². The van der Waals surface area contributed by atoms with Crippen molar-refractivity contribution in [1.29, 1.82) is 0 Å². The van der Waals surface area contributed by atoms with Gasteiger partial charge in [0.05, 0.1) is 5.69 Å². The van der Waals surface area contributed by atoms with E-state index in [1.54, 1.807) is 0 Å². The fourth-order valence-corrected chi connectivity index (χ4v) is 2.83. The average molecular weight is 296 g/mol. The van der Waals surface area contributed by atoms with Crippen LogP contribution in [0.3, 0.4) is 0 Å². The van der Waals surface area contributed by atoms with Gasteiger partial charge in [-0.25, -0.2) is 4.98 Å². The maximum Gasteiger partial charge on any atom is 0.141 e. The van der Waals surface area contributed by atoms with E-state index in [4.69, 9.17) is 10.7 Å². The van der Waals surface area contributed by atoms with Gasteiger partial charge in [0.1, 0.15) is 11.5 Å². The second kappa shape index (κ2) is 4.69. The lowest BCUT2D eigenvalue weighted by Gasteiger charge is -2.09. The molecule has 0 amide bonds. The molecule has 3 nitrogen and oxygen atoms in total. The summed E-state index contributed by atoms with van der Waals surface area (Å²) in [4.78, 5) is 4.71. The topological polar surface area (TPSA) is 43.3 Å². The summed E-state index contributed by atoms with van der Waals surface area (Å²) in [6, 6.07) is 2.07. The van der Waals surface area contributed by atoms with Crippen molar-refractivity contribution in [2.24, 2.45) is 0 Å². The quantitative estimate of drug-likeness (QED) is 0.933. The molecule has 0 aliphatic carbocycles. The standard InChI is InChI=1S/C13H18BrN3/c1-4-9(5-2)11-12(15)17-7-10(14)6-8(3)13(17)16-11/h6-7,9H,4-5,15H2,1-3H3. The number of imidazole rings is 1. The Hall–Kier alpha value is -1.03. The Bertz CT molecular complexity index is 541. The van der Waals surface area contributed by atoms with Gasteiger partial charge in [-0.15, -0.1) is 0 Å². The lowest BCUT2D eigenvalue weighted by molar-refractivity contribution is 0.629. The second-order valence-electron chi connectivity index (χ2n) is 4.43. The number of hydrogen-bond donors (Lipinski definition) is 1. The van der Waals surface area contributed by atoms with Crippen molar-refractivity contribution in [3.05, 3.63) is 28.0 Å². The highest BCUT2D eigenvalue weighted by Gasteiger charge is 2.17. The molecule has 0 bridgehead atoms. The second-order valence-corrected chi connectivity index (χ2v) is 5.35. The number of nitrogens with zero attached hydrogens (tertiary/aromatic N) is 2. The Morgan fingerprint density at radius 3 is 2.65 bits per heavy atom. The Labute approximate surface area is 110 Å². The Morgan fingerprint density at radius 2 is 2.06 bits per heavy atom. The maximum atomic E-state index is 6.21. The lowest BCUT2D eigenvalue weighted by atomic mass is 10.00. The van der Waals surface area contributed by atoms with Crippen LogP contribution in [0.2, 0.25) is 0 Å². The summed E-state index contributed by atoms with van der Waals surface area (Å²) < 4.78 is 3.01. The largest absolute Gasteiger partial charge is 0.383 e. The van der Waals surface area contributed by atoms with E-state index in [9.17, 15) is 0 Å². The normalized spacial score (nSPS) is 11.6. The summed E-state index contributed by atoms with van der Waals surface area (Å²) in [5, 5.41) is 0. The molecule has 2 aromatic rings. The number of aromatic nitrogens is 2. The molecule has 0 radical (unpaired) electrons. The number of fused-ring (bicyclic) bond motifs is 1. The zero-order valence-corrected chi connectivity index (χ0v) is 12.1. The lowest BCUT2D eigenvalue weighted by Crippen LogP contribution is -2.01. The van der Waals surface area contributed by atoms with Crippen LogP contribution in [0.25, 0.3) is 5.65 Å². The van der Waals surface area contributed by atoms with E-state index in [2.05, 4.69) is 42.8 Å². The number of aryl methyl sites for hydroxylation is 1. The van der Waals surface area contributed by atoms with Crippen molar-refractivity contribution >= 4 is 27.4 Å². The van der Waals surface area contributed by atoms with E-state index >= 15 is 0 Å². The minimum atomic E-state index is 0.452. The fraction of sp³-hybridized carbons (Fsp3) is 0.462. The molecule has 17 heavy (non-hydrogen) atoms. The highest BCUT2D eigenvalue weighted by atomic mass is 79.9. The fourth-order valence-electron chi connectivity index (χ4n) is 2.28. The van der Waals surface area contributed by atoms with Gasteiger partial charge >= 0.3 is 0 Å². The van der Waals surface area contributed by atoms with Gasteiger partial charge in [-0.1, -0.05) is 13.8 Å². The summed E-state index contributed by atoms with van der Waals surface area (Å²) in [6.07, 6.45) is 4.13. The number of pyridine rings is 1. The molecular formula is C13H18BrN3. The van der Waals surface area contributed by atoms with Crippen LogP contribution in [0.1, 0.15) is 43.9 Å². The van der Waals surface area contributed by atoms with E-state index in [0.717, 1.165) is 40.0 Å². The SMILES string of the molecule is CCC(CC)c1nc2c(C)cc(Br)cn2c1N. The molecule has 0 atom stereocenters. The molecular weight excluding hydrogens is 278 g/mol. The summed E-state index contributed by atoms with van der Waals surface area (Å²) in [5.41, 5.74) is 9.35. The van der Waals surface area contributed by atoms with Crippen LogP contribution in [0.4, 0.5) is 5.82 Å². The van der Waals surface area contributed by atoms with Crippen LogP contribution in [-0.4, -0.2) is 9.38 Å². The number of anilines is 1. The van der Waals surface area contributed by atoms with Crippen LogP contribution in [0, 0.1) is 6.92 Å². The van der Waals surface area contributed by atoms with Gasteiger partial charge in [0.15, 0.2) is 0 Å². The molecule has 0 aliphatic rings. The van der Waals surface area contributed by atoms with Gasteiger partial charge in [0, 0.05) is 16.6 Å². The van der Waals surface area contributed by atoms with Gasteiger partial charge in [-0.05, 0) is 47.3 Å². The molecule has 0 spiro atoms. The van der Waals surface area contributed by atoms with Gasteiger partial charge in [0.25, 0.3) is 0 Å². The first-order valence-electron chi connectivity index (χ1n) is 6.02. The van der Waals surface area contributed by atoms with Crippen molar-refractivity contribution in [2.45, 2.75) is 39.5 Å². The zero-order valence-electron chi connectivity index (χ0n) is 10.5. The average Bonchev–Trinajstić information content (AvgIpc) is 2.60. The number of halogens is 1. The van der Waals surface area contributed by atoms with Crippen LogP contribution >= 0.6 is 15.9 Å². The third kappa shape index (κ3) is 2.06. The molecule has 0 unspecified atom stereocenters. The van der Waals surface area contributed by atoms with Crippen molar-refractivity contribution in [1.82, 2.24) is 9.38 Å². The molecule has 4 heteroatoms. The highest BCUT2D eigenvalue weighted by Crippen LogP contribution is 2.30. The van der Waals surface area contributed by atoms with Crippen LogP contribution in [-0.2, 0) is 0 Å². The third-order valence-electron chi connectivity index (χ3n) is 3.31. The molecule has 2 aromatic heterocycles. The van der Waals surface area contributed by atoms with Crippen molar-refractivity contribution < 1.29 is 0 Å². The van der Waals surface area contributed by atoms with Crippen LogP contribution < -0.4 is 5.73 Å². The first kappa shape index (κ1) is 12.4. The van der Waals surface area contributed by atoms with E-state index < -0.39 is 0 Å². The Kier molecular flexibility index (Phi) is 3.43. The van der Waals surface area contributed by atoms with Crippen molar-refractivity contribution in [2.75, 3.05) is 5.73 Å². The first-order chi connectivity index (χ1) is 8.08. The summed E-state index contributed by atoms with van der Waals surface area (Å²) in [6.45, 7) is 6.42. The summed E-state index contributed by atoms with van der Waals surface area (Å²) in [5.74, 6) is 1.23. The van der Waals surface area contributed by atoms with Gasteiger partial charge < -0.3 is 5.73 Å². The minimum absolute atomic E-state index is 0.452. The smallest absolute Gasteiger partial charge is 0.141 e. The van der Waals surface area contributed by atoms with Crippen molar-refractivity contribution in [3.8, 4) is 0 Å². The zero-order chi connectivity index (χ0) is 12.6. The number of hydrogen-bond acceptors (Lipinski definition) is 2. The first-order valence-corrected chi connectivity index (χ1v) is 6.81. The molecule has 2 heterocycles. The van der Waals surface area contributed by atoms with Crippen LogP contribution in [0.15, 0.2) is 16.7 Å². The van der Waals surface area contributed by atoms with E-state index in [0.29, 0.717) is 5.92 Å². The summed E-state index contributed by atoms with van der Waals surface area (Å²) in [7, 11) is 0. The Balaban J connectivity index is 2.68. The number of rotatable bonds is 3. The molecule has 92 valence electrons. The number of nitrogens with two attached hydrogens (primary N) is 1. The van der Waals surface area contributed by atoms with E-state index in [1.807, 2.05) is 10.6 Å². The maximum absolute atomic E-state index is 6.21. The third-order valence-corrected chi connectivity index (χ3v) is 3.74. The monoisotopic (exact) mass is 295 g/mol. The van der Waals surface area contributed by atoms with E-state index in [1.165, 1.54) is 0 Å². The predicted molar refractivity (Wildman–Crippen MR) is 75.4 cm³/mol. The minimum Gasteiger partial charge on any atom is -0.383 e. The summed E-state index contributed by atoms with van der Waals surface area (Å²) >= 11 is 3.49. The number of nitrogen functional groups attached to an aromatic ring is 1. The van der Waals surface area contributed by atoms with Crippen molar-refractivity contribution in [3.63, 3.8) is 0 Å². The van der Waals surface area contributed by atoms with Gasteiger partial charge in [0.2, 0.25) is 0 Å². The predicted octanol–water partition coefficient (Wildman–Crippen LogP) is 3.89. The molecule has 0 saturated carbocycles. The molecule has 2 N–H and O–H groups in total.